The van der Waals surface area contributed by atoms with Crippen LogP contribution in [0.4, 0.5) is 0 Å². The van der Waals surface area contributed by atoms with Crippen molar-refractivity contribution in [2.24, 2.45) is 0 Å². The van der Waals surface area contributed by atoms with Gasteiger partial charge in [-0.15, -0.1) is 0 Å². The molecule has 1 rings (SSSR count). The molecule has 92 valence electrons. The van der Waals surface area contributed by atoms with Gasteiger partial charge in [0.25, 0.3) is 0 Å². The van der Waals surface area contributed by atoms with E-state index in [1.165, 1.54) is 5.57 Å². The number of rotatable bonds is 2. The number of piperidine rings is 1. The lowest BCUT2D eigenvalue weighted by molar-refractivity contribution is -0.137. The first-order valence-electron chi connectivity index (χ1n) is 5.90. The van der Waals surface area contributed by atoms with Crippen LogP contribution in [0.1, 0.15) is 47.5 Å². The summed E-state index contributed by atoms with van der Waals surface area (Å²) in [4.78, 5) is 11.4. The summed E-state index contributed by atoms with van der Waals surface area (Å²) < 4.78 is 4.95. The molecule has 1 aliphatic heterocycles. The van der Waals surface area contributed by atoms with E-state index in [0.29, 0.717) is 6.61 Å². The van der Waals surface area contributed by atoms with Gasteiger partial charge in [-0.05, 0) is 47.5 Å². The molecule has 0 bridgehead atoms. The Kier molecular flexibility index (Phi) is 3.79. The summed E-state index contributed by atoms with van der Waals surface area (Å²) in [5.74, 6) is -0.217. The van der Waals surface area contributed by atoms with E-state index in [0.717, 1.165) is 12.8 Å². The molecule has 0 amide bonds. The number of carbonyl (C=O) groups is 1. The zero-order valence-corrected chi connectivity index (χ0v) is 11.0. The molecule has 1 aliphatic rings. The molecule has 1 heterocycles. The molecule has 3 heteroatoms. The molecule has 0 radical (unpaired) electrons. The van der Waals surface area contributed by atoms with E-state index in [-0.39, 0.29) is 17.0 Å². The second kappa shape index (κ2) is 4.58. The Labute approximate surface area is 98.2 Å². The number of esters is 1. The van der Waals surface area contributed by atoms with Crippen LogP contribution in [0.2, 0.25) is 0 Å². The molecule has 0 aromatic heterocycles. The summed E-state index contributed by atoms with van der Waals surface area (Å²) >= 11 is 0. The second-order valence-corrected chi connectivity index (χ2v) is 5.80. The first-order valence-corrected chi connectivity index (χ1v) is 5.90. The number of carbonyl (C=O) groups excluding carboxylic acids is 1. The molecule has 0 aromatic carbocycles. The lowest BCUT2D eigenvalue weighted by Gasteiger charge is -2.43. The largest absolute Gasteiger partial charge is 0.463 e. The number of nitrogens with one attached hydrogen (secondary N) is 1. The smallest absolute Gasteiger partial charge is 0.330 e. The molecule has 3 nitrogen and oxygen atoms in total. The standard InChI is InChI=1S/C13H23NO2/c1-6-16-11(15)7-10-8-12(2,3)14-13(4,5)9-10/h7,14H,6,8-9H2,1-5H3. The lowest BCUT2D eigenvalue weighted by atomic mass is 9.79. The molecule has 1 fully saturated rings. The molecule has 0 aliphatic carbocycles. The Bertz CT molecular complexity index is 285. The van der Waals surface area contributed by atoms with Crippen molar-refractivity contribution in [2.45, 2.75) is 58.5 Å². The minimum atomic E-state index is -0.217. The highest BCUT2D eigenvalue weighted by molar-refractivity contribution is 5.82. The van der Waals surface area contributed by atoms with E-state index in [4.69, 9.17) is 4.74 Å². The average molecular weight is 225 g/mol. The SMILES string of the molecule is CCOC(=O)C=C1CC(C)(C)NC(C)(C)C1. The van der Waals surface area contributed by atoms with E-state index in [1.807, 2.05) is 6.92 Å². The predicted octanol–water partition coefficient (Wildman–Crippen LogP) is 2.42. The maximum Gasteiger partial charge on any atom is 0.330 e. The minimum Gasteiger partial charge on any atom is -0.463 e. The highest BCUT2D eigenvalue weighted by atomic mass is 16.5. The van der Waals surface area contributed by atoms with E-state index in [9.17, 15) is 4.79 Å². The summed E-state index contributed by atoms with van der Waals surface area (Å²) in [6.45, 7) is 10.9. The summed E-state index contributed by atoms with van der Waals surface area (Å²) in [6, 6.07) is 0. The van der Waals surface area contributed by atoms with Gasteiger partial charge < -0.3 is 10.1 Å². The van der Waals surface area contributed by atoms with Gasteiger partial charge in [-0.2, -0.15) is 0 Å². The zero-order chi connectivity index (χ0) is 12.4. The van der Waals surface area contributed by atoms with E-state index >= 15 is 0 Å². The van der Waals surface area contributed by atoms with E-state index in [2.05, 4.69) is 33.0 Å². The molecule has 0 saturated carbocycles. The maximum absolute atomic E-state index is 11.4. The third kappa shape index (κ3) is 3.97. The van der Waals surface area contributed by atoms with Crippen LogP contribution in [0.15, 0.2) is 11.6 Å². The van der Waals surface area contributed by atoms with Crippen LogP contribution in [-0.2, 0) is 9.53 Å². The third-order valence-corrected chi connectivity index (χ3v) is 2.62. The van der Waals surface area contributed by atoms with Crippen molar-refractivity contribution in [2.75, 3.05) is 6.61 Å². The first-order chi connectivity index (χ1) is 7.24. The molecule has 0 aromatic rings. The highest BCUT2D eigenvalue weighted by Gasteiger charge is 2.34. The molecule has 16 heavy (non-hydrogen) atoms. The average Bonchev–Trinajstić information content (AvgIpc) is 1.96. The number of hydrogen-bond donors (Lipinski definition) is 1. The number of hydrogen-bond acceptors (Lipinski definition) is 3. The van der Waals surface area contributed by atoms with Crippen molar-refractivity contribution < 1.29 is 9.53 Å². The second-order valence-electron chi connectivity index (χ2n) is 5.80. The maximum atomic E-state index is 11.4. The van der Waals surface area contributed by atoms with Crippen molar-refractivity contribution in [3.8, 4) is 0 Å². The van der Waals surface area contributed by atoms with E-state index in [1.54, 1.807) is 6.08 Å². The molecule has 0 spiro atoms. The van der Waals surface area contributed by atoms with Gasteiger partial charge in [0.15, 0.2) is 0 Å². The van der Waals surface area contributed by atoms with Crippen molar-refractivity contribution in [1.29, 1.82) is 0 Å². The van der Waals surface area contributed by atoms with Gasteiger partial charge in [0.05, 0.1) is 6.61 Å². The molecular weight excluding hydrogens is 202 g/mol. The van der Waals surface area contributed by atoms with Gasteiger partial charge in [0.2, 0.25) is 0 Å². The van der Waals surface area contributed by atoms with Crippen LogP contribution in [0, 0.1) is 0 Å². The van der Waals surface area contributed by atoms with Crippen LogP contribution in [0.5, 0.6) is 0 Å². The molecule has 1 saturated heterocycles. The molecular formula is C13H23NO2. The van der Waals surface area contributed by atoms with Crippen molar-refractivity contribution in [3.63, 3.8) is 0 Å². The quantitative estimate of drug-likeness (QED) is 0.579. The highest BCUT2D eigenvalue weighted by Crippen LogP contribution is 2.32. The van der Waals surface area contributed by atoms with Crippen LogP contribution in [0.3, 0.4) is 0 Å². The predicted molar refractivity (Wildman–Crippen MR) is 65.2 cm³/mol. The van der Waals surface area contributed by atoms with Gasteiger partial charge >= 0.3 is 5.97 Å². The topological polar surface area (TPSA) is 38.3 Å². The Morgan fingerprint density at radius 3 is 2.25 bits per heavy atom. The minimum absolute atomic E-state index is 0.0417. The summed E-state index contributed by atoms with van der Waals surface area (Å²) in [6.07, 6.45) is 3.46. The van der Waals surface area contributed by atoms with E-state index < -0.39 is 0 Å². The van der Waals surface area contributed by atoms with Gasteiger partial charge in [-0.3, -0.25) is 0 Å². The lowest BCUT2D eigenvalue weighted by Crippen LogP contribution is -2.56. The van der Waals surface area contributed by atoms with Crippen LogP contribution in [-0.4, -0.2) is 23.7 Å². The Morgan fingerprint density at radius 2 is 1.81 bits per heavy atom. The van der Waals surface area contributed by atoms with Gasteiger partial charge in [-0.25, -0.2) is 4.79 Å². The normalized spacial score (nSPS) is 22.7. The van der Waals surface area contributed by atoms with Crippen molar-refractivity contribution >= 4 is 5.97 Å². The Hall–Kier alpha value is -0.830. The van der Waals surface area contributed by atoms with Crippen LogP contribution >= 0.6 is 0 Å². The monoisotopic (exact) mass is 225 g/mol. The van der Waals surface area contributed by atoms with Crippen molar-refractivity contribution in [1.82, 2.24) is 5.32 Å². The molecule has 0 unspecified atom stereocenters. The zero-order valence-electron chi connectivity index (χ0n) is 11.0. The Balaban J connectivity index is 2.78. The molecule has 0 atom stereocenters. The molecule has 1 N–H and O–H groups in total. The summed E-state index contributed by atoms with van der Waals surface area (Å²) in [5, 5.41) is 3.57. The Morgan fingerprint density at radius 1 is 1.31 bits per heavy atom. The number of ether oxygens (including phenoxy) is 1. The summed E-state index contributed by atoms with van der Waals surface area (Å²) in [5.41, 5.74) is 1.26. The fourth-order valence-corrected chi connectivity index (χ4v) is 2.65. The first kappa shape index (κ1) is 13.2. The fraction of sp³-hybridized carbons (Fsp3) is 0.769. The van der Waals surface area contributed by atoms with Gasteiger partial charge in [0.1, 0.15) is 0 Å². The van der Waals surface area contributed by atoms with Crippen molar-refractivity contribution in [3.05, 3.63) is 11.6 Å². The third-order valence-electron chi connectivity index (χ3n) is 2.62. The van der Waals surface area contributed by atoms with Crippen LogP contribution < -0.4 is 5.32 Å². The van der Waals surface area contributed by atoms with Gasteiger partial charge in [-0.1, -0.05) is 5.57 Å². The van der Waals surface area contributed by atoms with Gasteiger partial charge in [0, 0.05) is 17.2 Å². The summed E-state index contributed by atoms with van der Waals surface area (Å²) in [7, 11) is 0. The van der Waals surface area contributed by atoms with Crippen LogP contribution in [0.25, 0.3) is 0 Å². The fourth-order valence-electron chi connectivity index (χ4n) is 2.65.